The van der Waals surface area contributed by atoms with E-state index in [1.165, 1.54) is 5.56 Å². The molecule has 0 saturated carbocycles. The number of anilines is 1. The van der Waals surface area contributed by atoms with E-state index in [1.54, 1.807) is 0 Å². The van der Waals surface area contributed by atoms with Crippen molar-refractivity contribution in [2.24, 2.45) is 10.8 Å². The minimum Gasteiger partial charge on any atom is -0.490 e. The molecule has 3 aromatic rings. The summed E-state index contributed by atoms with van der Waals surface area (Å²) in [5, 5.41) is 2.93. The molecular formula is C42H47IN2O5. The van der Waals surface area contributed by atoms with Crippen molar-refractivity contribution in [3.05, 3.63) is 110 Å². The summed E-state index contributed by atoms with van der Waals surface area (Å²) < 4.78 is 13.0. The lowest BCUT2D eigenvalue weighted by atomic mass is 9.63. The summed E-state index contributed by atoms with van der Waals surface area (Å²) >= 11 is 2.21. The van der Waals surface area contributed by atoms with Crippen LogP contribution in [0.2, 0.25) is 0 Å². The molecule has 1 heterocycles. The number of nitrogens with one attached hydrogen (secondary N) is 1. The van der Waals surface area contributed by atoms with E-state index in [0.717, 1.165) is 62.2 Å². The second-order valence-corrected chi connectivity index (χ2v) is 16.5. The maximum absolute atomic E-state index is 14.3. The number of carbonyl (C=O) groups excluding carboxylic acids is 3. The third-order valence-electron chi connectivity index (χ3n) is 9.92. The smallest absolute Gasteiger partial charge is 0.262 e. The van der Waals surface area contributed by atoms with Gasteiger partial charge in [0.25, 0.3) is 5.91 Å². The highest BCUT2D eigenvalue weighted by Gasteiger charge is 2.49. The van der Waals surface area contributed by atoms with E-state index in [-0.39, 0.29) is 34.9 Å². The second kappa shape index (κ2) is 14.4. The van der Waals surface area contributed by atoms with E-state index < -0.39 is 5.92 Å². The molecule has 0 saturated heterocycles. The standard InChI is InChI=1S/C42H47IN2O5/c1-7-49-35-20-28(19-29(43)40(35)50-25-36(48)44-30-16-12-11-13-26(30)2)37-38-31(21-41(3,4)23-33(38)46)45(18-17-27-14-9-8-10-15-27)32-22-42(5,6)24-34(47)39(32)37/h8-16,19-20,37H,7,17-18,21-25H2,1-6H3,(H,44,48). The molecule has 7 nitrogen and oxygen atoms in total. The predicted octanol–water partition coefficient (Wildman–Crippen LogP) is 8.94. The Bertz CT molecular complexity index is 1840. The Morgan fingerprint density at radius 1 is 0.860 bits per heavy atom. The van der Waals surface area contributed by atoms with Gasteiger partial charge in [0.05, 0.1) is 10.2 Å². The van der Waals surface area contributed by atoms with Gasteiger partial charge in [-0.2, -0.15) is 0 Å². The van der Waals surface area contributed by atoms with E-state index >= 15 is 0 Å². The number of para-hydroxylation sites is 1. The molecule has 3 aromatic carbocycles. The van der Waals surface area contributed by atoms with Gasteiger partial charge in [-0.05, 0) is 101 Å². The van der Waals surface area contributed by atoms with E-state index in [2.05, 4.69) is 84.8 Å². The number of carbonyl (C=O) groups is 3. The topological polar surface area (TPSA) is 84.9 Å². The molecule has 0 aromatic heterocycles. The summed E-state index contributed by atoms with van der Waals surface area (Å²) in [5.41, 5.74) is 6.87. The van der Waals surface area contributed by atoms with Gasteiger partial charge in [-0.3, -0.25) is 14.4 Å². The minimum absolute atomic E-state index is 0.0938. The van der Waals surface area contributed by atoms with Gasteiger partial charge in [-0.15, -0.1) is 0 Å². The van der Waals surface area contributed by atoms with E-state index in [0.29, 0.717) is 37.5 Å². The zero-order chi connectivity index (χ0) is 35.8. The Balaban J connectivity index is 1.42. The van der Waals surface area contributed by atoms with Crippen molar-refractivity contribution in [3.8, 4) is 11.5 Å². The van der Waals surface area contributed by atoms with Crippen molar-refractivity contribution in [1.82, 2.24) is 4.90 Å². The highest BCUT2D eigenvalue weighted by Crippen LogP contribution is 2.55. The van der Waals surface area contributed by atoms with Crippen molar-refractivity contribution in [2.75, 3.05) is 25.1 Å². The van der Waals surface area contributed by atoms with Crippen molar-refractivity contribution in [1.29, 1.82) is 0 Å². The van der Waals surface area contributed by atoms with Crippen LogP contribution in [0.4, 0.5) is 5.69 Å². The van der Waals surface area contributed by atoms with Crippen LogP contribution in [0.1, 0.15) is 82.9 Å². The third-order valence-corrected chi connectivity index (χ3v) is 10.7. The maximum atomic E-state index is 14.3. The predicted molar refractivity (Wildman–Crippen MR) is 205 cm³/mol. The maximum Gasteiger partial charge on any atom is 0.262 e. The van der Waals surface area contributed by atoms with E-state index in [1.807, 2.05) is 56.3 Å². The fourth-order valence-electron chi connectivity index (χ4n) is 7.73. The Kier molecular flexibility index (Phi) is 10.3. The van der Waals surface area contributed by atoms with Crippen LogP contribution in [-0.2, 0) is 20.8 Å². The van der Waals surface area contributed by atoms with Crippen molar-refractivity contribution in [2.45, 2.75) is 79.6 Å². The van der Waals surface area contributed by atoms with Crippen LogP contribution in [0.15, 0.2) is 89.3 Å². The largest absolute Gasteiger partial charge is 0.490 e. The van der Waals surface area contributed by atoms with Crippen LogP contribution >= 0.6 is 22.6 Å². The number of ether oxygens (including phenoxy) is 2. The zero-order valence-corrected chi connectivity index (χ0v) is 32.1. The molecular weight excluding hydrogens is 739 g/mol. The lowest BCUT2D eigenvalue weighted by molar-refractivity contribution is -0.120. The lowest BCUT2D eigenvalue weighted by Crippen LogP contribution is -2.45. The fraction of sp³-hybridized carbons (Fsp3) is 0.405. The molecule has 262 valence electrons. The van der Waals surface area contributed by atoms with Gasteiger partial charge in [0.1, 0.15) is 0 Å². The van der Waals surface area contributed by atoms with Crippen LogP contribution < -0.4 is 14.8 Å². The van der Waals surface area contributed by atoms with E-state index in [9.17, 15) is 14.4 Å². The molecule has 1 N–H and O–H groups in total. The van der Waals surface area contributed by atoms with Gasteiger partial charge in [-0.1, -0.05) is 76.2 Å². The van der Waals surface area contributed by atoms with Crippen LogP contribution in [0.3, 0.4) is 0 Å². The number of halogens is 1. The van der Waals surface area contributed by atoms with Crippen molar-refractivity contribution in [3.63, 3.8) is 0 Å². The number of Topliss-reactive ketones (excluding diaryl/α,β-unsaturated/α-hetero) is 2. The van der Waals surface area contributed by atoms with Gasteiger partial charge in [-0.25, -0.2) is 0 Å². The first-order valence-electron chi connectivity index (χ1n) is 17.6. The number of nitrogens with zero attached hydrogens (tertiary/aromatic N) is 1. The molecule has 50 heavy (non-hydrogen) atoms. The average Bonchev–Trinajstić information content (AvgIpc) is 3.03. The minimum atomic E-state index is -0.508. The Morgan fingerprint density at radius 2 is 1.46 bits per heavy atom. The zero-order valence-electron chi connectivity index (χ0n) is 30.0. The third kappa shape index (κ3) is 7.55. The number of rotatable bonds is 10. The van der Waals surface area contributed by atoms with Gasteiger partial charge in [0.2, 0.25) is 0 Å². The van der Waals surface area contributed by atoms with Crippen LogP contribution in [0.25, 0.3) is 0 Å². The number of hydrogen-bond donors (Lipinski definition) is 1. The average molecular weight is 787 g/mol. The first-order valence-corrected chi connectivity index (χ1v) is 18.6. The molecule has 0 unspecified atom stereocenters. The number of amides is 1. The van der Waals surface area contributed by atoms with Crippen LogP contribution in [-0.4, -0.2) is 42.1 Å². The normalized spacial score (nSPS) is 18.5. The number of ketones is 2. The second-order valence-electron chi connectivity index (χ2n) is 15.3. The Hall–Kier alpha value is -3.92. The number of benzene rings is 3. The monoisotopic (exact) mass is 786 g/mol. The lowest BCUT2D eigenvalue weighted by Gasteiger charge is -2.49. The highest BCUT2D eigenvalue weighted by molar-refractivity contribution is 14.1. The van der Waals surface area contributed by atoms with Gasteiger partial charge in [0, 0.05) is 53.5 Å². The molecule has 6 rings (SSSR count). The first kappa shape index (κ1) is 35.9. The summed E-state index contributed by atoms with van der Waals surface area (Å²) in [4.78, 5) is 44.0. The van der Waals surface area contributed by atoms with Crippen LogP contribution in [0, 0.1) is 21.3 Å². The first-order chi connectivity index (χ1) is 23.8. The number of aryl methyl sites for hydroxylation is 1. The Labute approximate surface area is 309 Å². The molecule has 8 heteroatoms. The molecule has 0 spiro atoms. The Morgan fingerprint density at radius 3 is 2.06 bits per heavy atom. The molecule has 0 bridgehead atoms. The summed E-state index contributed by atoms with van der Waals surface area (Å²) in [6, 6.07) is 21.9. The molecule has 0 radical (unpaired) electrons. The summed E-state index contributed by atoms with van der Waals surface area (Å²) in [5.74, 6) is 0.354. The number of hydrogen-bond acceptors (Lipinski definition) is 6. The number of allylic oxidation sites excluding steroid dienone is 4. The molecule has 0 fully saturated rings. The fourth-order valence-corrected chi connectivity index (χ4v) is 8.51. The molecule has 2 aliphatic carbocycles. The molecule has 0 atom stereocenters. The van der Waals surface area contributed by atoms with E-state index in [4.69, 9.17) is 9.47 Å². The van der Waals surface area contributed by atoms with Crippen molar-refractivity contribution < 1.29 is 23.9 Å². The van der Waals surface area contributed by atoms with Gasteiger partial charge in [0.15, 0.2) is 29.7 Å². The SMILES string of the molecule is CCOc1cc(C2C3=C(CC(C)(C)CC3=O)N(CCc3ccccc3)C3=C2C(=O)CC(C)(C)C3)cc(I)c1OCC(=O)Nc1ccccc1C. The van der Waals surface area contributed by atoms with Gasteiger partial charge < -0.3 is 19.7 Å². The summed E-state index contributed by atoms with van der Waals surface area (Å²) in [6.45, 7) is 13.4. The van der Waals surface area contributed by atoms with Crippen LogP contribution in [0.5, 0.6) is 11.5 Å². The van der Waals surface area contributed by atoms with Crippen molar-refractivity contribution >= 4 is 45.8 Å². The van der Waals surface area contributed by atoms with Gasteiger partial charge >= 0.3 is 0 Å². The quantitative estimate of drug-likeness (QED) is 0.207. The molecule has 1 aliphatic heterocycles. The molecule has 1 amide bonds. The molecule has 3 aliphatic rings. The highest BCUT2D eigenvalue weighted by atomic mass is 127. The summed E-state index contributed by atoms with van der Waals surface area (Å²) in [6.07, 6.45) is 3.14. The summed E-state index contributed by atoms with van der Waals surface area (Å²) in [7, 11) is 0.